The lowest BCUT2D eigenvalue weighted by atomic mass is 10.0. The molecule has 0 saturated heterocycles. The van der Waals surface area contributed by atoms with E-state index in [2.05, 4.69) is 5.32 Å². The predicted octanol–water partition coefficient (Wildman–Crippen LogP) is 1.44. The van der Waals surface area contributed by atoms with Crippen molar-refractivity contribution in [3.05, 3.63) is 35.6 Å². The van der Waals surface area contributed by atoms with Gasteiger partial charge in [0.2, 0.25) is 0 Å². The lowest BCUT2D eigenvalue weighted by Gasteiger charge is -2.13. The van der Waals surface area contributed by atoms with E-state index in [0.29, 0.717) is 6.42 Å². The summed E-state index contributed by atoms with van der Waals surface area (Å²) in [6.45, 7) is 1.60. The van der Waals surface area contributed by atoms with Gasteiger partial charge in [-0.1, -0.05) is 12.1 Å². The van der Waals surface area contributed by atoms with Gasteiger partial charge >= 0.3 is 0 Å². The molecule has 3 nitrogen and oxygen atoms in total. The van der Waals surface area contributed by atoms with Crippen LogP contribution in [-0.2, 0) is 11.2 Å². The molecule has 0 spiro atoms. The molecule has 0 amide bonds. The fourth-order valence-corrected chi connectivity index (χ4v) is 1.38. The number of carbonyl (C=O) groups excluding carboxylic acids is 1. The lowest BCUT2D eigenvalue weighted by Crippen LogP contribution is -2.37. The van der Waals surface area contributed by atoms with Crippen molar-refractivity contribution >= 4 is 5.78 Å². The maximum atomic E-state index is 12.7. The third kappa shape index (κ3) is 3.79. The fourth-order valence-electron chi connectivity index (χ4n) is 1.38. The molecule has 1 aromatic rings. The second-order valence-electron chi connectivity index (χ2n) is 3.53. The topological polar surface area (TPSA) is 52.9 Å². The van der Waals surface area contributed by atoms with Crippen LogP contribution in [-0.4, -0.2) is 18.4 Å². The molecule has 1 N–H and O–H groups in total. The summed E-state index contributed by atoms with van der Waals surface area (Å²) in [7, 11) is 0. The van der Waals surface area contributed by atoms with Gasteiger partial charge in [0.25, 0.3) is 0 Å². The molecule has 1 atom stereocenters. The molecule has 4 heteroatoms. The predicted molar refractivity (Wildman–Crippen MR) is 58.2 cm³/mol. The van der Waals surface area contributed by atoms with Crippen molar-refractivity contribution in [3.63, 3.8) is 0 Å². The van der Waals surface area contributed by atoms with E-state index in [1.54, 1.807) is 12.1 Å². The maximum absolute atomic E-state index is 12.7. The third-order valence-electron chi connectivity index (χ3n) is 2.27. The highest BCUT2D eigenvalue weighted by molar-refractivity contribution is 5.81. The Bertz CT molecular complexity index is 394. The van der Waals surface area contributed by atoms with Gasteiger partial charge in [-0.3, -0.25) is 10.1 Å². The Kier molecular flexibility index (Phi) is 4.62. The van der Waals surface area contributed by atoms with E-state index in [1.807, 2.05) is 6.07 Å². The summed E-state index contributed by atoms with van der Waals surface area (Å²) < 4.78 is 12.7. The summed E-state index contributed by atoms with van der Waals surface area (Å²) in [4.78, 5) is 11.3. The van der Waals surface area contributed by atoms with Crippen molar-refractivity contribution in [2.75, 3.05) is 6.54 Å². The maximum Gasteiger partial charge on any atom is 0.147 e. The van der Waals surface area contributed by atoms with Crippen molar-refractivity contribution in [3.8, 4) is 6.07 Å². The minimum atomic E-state index is -0.384. The van der Waals surface area contributed by atoms with Crippen LogP contribution in [0.4, 0.5) is 4.39 Å². The van der Waals surface area contributed by atoms with Crippen LogP contribution in [0.3, 0.4) is 0 Å². The van der Waals surface area contributed by atoms with E-state index in [-0.39, 0.29) is 24.2 Å². The van der Waals surface area contributed by atoms with Crippen LogP contribution in [0.15, 0.2) is 24.3 Å². The minimum Gasteiger partial charge on any atom is -0.298 e. The molecule has 0 saturated carbocycles. The van der Waals surface area contributed by atoms with Crippen molar-refractivity contribution in [2.45, 2.75) is 19.4 Å². The number of nitrogens with one attached hydrogen (secondary N) is 1. The van der Waals surface area contributed by atoms with Crippen LogP contribution in [0.1, 0.15) is 12.5 Å². The zero-order valence-corrected chi connectivity index (χ0v) is 9.03. The molecule has 84 valence electrons. The van der Waals surface area contributed by atoms with E-state index < -0.39 is 0 Å². The molecule has 0 aromatic heterocycles. The van der Waals surface area contributed by atoms with Crippen molar-refractivity contribution in [2.24, 2.45) is 0 Å². The van der Waals surface area contributed by atoms with E-state index in [4.69, 9.17) is 5.26 Å². The highest BCUT2D eigenvalue weighted by Crippen LogP contribution is 2.06. The average Bonchev–Trinajstić information content (AvgIpc) is 2.26. The van der Waals surface area contributed by atoms with Gasteiger partial charge in [-0.25, -0.2) is 4.39 Å². The Labute approximate surface area is 93.9 Å². The molecule has 0 aliphatic rings. The van der Waals surface area contributed by atoms with Gasteiger partial charge < -0.3 is 0 Å². The normalized spacial score (nSPS) is 11.8. The first-order valence-electron chi connectivity index (χ1n) is 4.98. The Morgan fingerprint density at radius 3 is 2.62 bits per heavy atom. The first kappa shape index (κ1) is 12.3. The zero-order valence-electron chi connectivity index (χ0n) is 9.03. The number of rotatable bonds is 5. The van der Waals surface area contributed by atoms with Crippen molar-refractivity contribution < 1.29 is 9.18 Å². The number of benzene rings is 1. The van der Waals surface area contributed by atoms with Gasteiger partial charge in [0, 0.05) is 0 Å². The molecule has 1 aromatic carbocycles. The Morgan fingerprint density at radius 2 is 2.12 bits per heavy atom. The van der Waals surface area contributed by atoms with Gasteiger partial charge in [-0.15, -0.1) is 0 Å². The minimum absolute atomic E-state index is 0.0282. The van der Waals surface area contributed by atoms with Crippen LogP contribution in [0, 0.1) is 17.1 Å². The van der Waals surface area contributed by atoms with Crippen LogP contribution in [0.2, 0.25) is 0 Å². The van der Waals surface area contributed by atoms with E-state index in [1.165, 1.54) is 19.1 Å². The zero-order chi connectivity index (χ0) is 12.0. The molecule has 0 fully saturated rings. The molecule has 16 heavy (non-hydrogen) atoms. The Morgan fingerprint density at radius 1 is 1.50 bits per heavy atom. The van der Waals surface area contributed by atoms with Crippen molar-refractivity contribution in [1.29, 1.82) is 5.26 Å². The number of nitrogens with zero attached hydrogens (tertiary/aromatic N) is 1. The summed E-state index contributed by atoms with van der Waals surface area (Å²) in [5.41, 5.74) is 0.868. The van der Waals surface area contributed by atoms with Crippen LogP contribution < -0.4 is 5.32 Å². The number of hydrogen-bond acceptors (Lipinski definition) is 3. The number of Topliss-reactive ketones (excluding diaryl/α,β-unsaturated/α-hetero) is 1. The largest absolute Gasteiger partial charge is 0.298 e. The monoisotopic (exact) mass is 220 g/mol. The van der Waals surface area contributed by atoms with Gasteiger partial charge in [-0.2, -0.15) is 5.26 Å². The Balaban J connectivity index is 2.64. The van der Waals surface area contributed by atoms with Gasteiger partial charge in [-0.05, 0) is 31.0 Å². The SMILES string of the molecule is CC(=O)C(Cc1ccc(F)cc1)NCC#N. The quantitative estimate of drug-likeness (QED) is 0.764. The average molecular weight is 220 g/mol. The summed E-state index contributed by atoms with van der Waals surface area (Å²) >= 11 is 0. The third-order valence-corrected chi connectivity index (χ3v) is 2.27. The van der Waals surface area contributed by atoms with Gasteiger partial charge in [0.05, 0.1) is 18.7 Å². The smallest absolute Gasteiger partial charge is 0.147 e. The fraction of sp³-hybridized carbons (Fsp3) is 0.333. The second-order valence-corrected chi connectivity index (χ2v) is 3.53. The molecule has 0 heterocycles. The highest BCUT2D eigenvalue weighted by Gasteiger charge is 2.13. The standard InChI is InChI=1S/C12H13FN2O/c1-9(16)12(15-7-6-14)8-10-2-4-11(13)5-3-10/h2-5,12,15H,7-8H2,1H3. The summed E-state index contributed by atoms with van der Waals surface area (Å²) in [6, 6.07) is 7.53. The number of ketones is 1. The second kappa shape index (κ2) is 5.99. The molecule has 1 rings (SSSR count). The Hall–Kier alpha value is -1.73. The van der Waals surface area contributed by atoms with Crippen LogP contribution in [0.25, 0.3) is 0 Å². The molecule has 1 unspecified atom stereocenters. The summed E-state index contributed by atoms with van der Waals surface area (Å²) in [5.74, 6) is -0.326. The highest BCUT2D eigenvalue weighted by atomic mass is 19.1. The lowest BCUT2D eigenvalue weighted by molar-refractivity contribution is -0.118. The van der Waals surface area contributed by atoms with Crippen LogP contribution >= 0.6 is 0 Å². The first-order valence-corrected chi connectivity index (χ1v) is 4.98. The van der Waals surface area contributed by atoms with Gasteiger partial charge in [0.15, 0.2) is 0 Å². The van der Waals surface area contributed by atoms with E-state index >= 15 is 0 Å². The first-order chi connectivity index (χ1) is 7.63. The molecule has 0 radical (unpaired) electrons. The summed E-state index contributed by atoms with van der Waals surface area (Å²) in [6.07, 6.45) is 0.470. The van der Waals surface area contributed by atoms with Crippen molar-refractivity contribution in [1.82, 2.24) is 5.32 Å². The number of halogens is 1. The van der Waals surface area contributed by atoms with Gasteiger partial charge in [0.1, 0.15) is 11.6 Å². The van der Waals surface area contributed by atoms with Crippen LogP contribution in [0.5, 0.6) is 0 Å². The number of carbonyl (C=O) groups is 1. The molecule has 0 bridgehead atoms. The molecule has 0 aliphatic carbocycles. The number of hydrogen-bond donors (Lipinski definition) is 1. The summed E-state index contributed by atoms with van der Waals surface area (Å²) in [5, 5.41) is 11.3. The molecule has 0 aliphatic heterocycles. The molecular weight excluding hydrogens is 207 g/mol. The number of nitriles is 1. The van der Waals surface area contributed by atoms with E-state index in [9.17, 15) is 9.18 Å². The van der Waals surface area contributed by atoms with E-state index in [0.717, 1.165) is 5.56 Å². The molecular formula is C12H13FN2O.